The summed E-state index contributed by atoms with van der Waals surface area (Å²) in [5.41, 5.74) is 0.708. The Hall–Kier alpha value is -0.900. The van der Waals surface area contributed by atoms with Crippen LogP contribution in [0.5, 0.6) is 0 Å². The van der Waals surface area contributed by atoms with Crippen LogP contribution in [0.15, 0.2) is 16.6 Å². The van der Waals surface area contributed by atoms with Crippen LogP contribution in [0.4, 0.5) is 4.39 Å². The Balaban J connectivity index is 3.14. The molecule has 4 heteroatoms. The zero-order chi connectivity index (χ0) is 10.7. The van der Waals surface area contributed by atoms with Crippen molar-refractivity contribution >= 4 is 21.9 Å². The third kappa shape index (κ3) is 2.32. The normalized spacial score (nSPS) is 10.0. The summed E-state index contributed by atoms with van der Waals surface area (Å²) < 4.78 is 18.5. The summed E-state index contributed by atoms with van der Waals surface area (Å²) in [6, 6.07) is 2.98. The maximum atomic E-state index is 13.4. The number of halogens is 2. The van der Waals surface area contributed by atoms with Gasteiger partial charge in [0.25, 0.3) is 0 Å². The van der Waals surface area contributed by atoms with Gasteiger partial charge in [-0.25, -0.2) is 9.18 Å². The van der Waals surface area contributed by atoms with E-state index in [0.717, 1.165) is 5.56 Å². The van der Waals surface area contributed by atoms with Crippen LogP contribution in [-0.2, 0) is 4.74 Å². The van der Waals surface area contributed by atoms with Crippen LogP contribution in [0.1, 0.15) is 22.8 Å². The molecule has 0 aliphatic rings. The van der Waals surface area contributed by atoms with Crippen LogP contribution in [-0.4, -0.2) is 12.6 Å². The second kappa shape index (κ2) is 4.55. The molecule has 0 heterocycles. The lowest BCUT2D eigenvalue weighted by Gasteiger charge is -2.06. The van der Waals surface area contributed by atoms with Gasteiger partial charge in [-0.3, -0.25) is 0 Å². The second-order valence-corrected chi connectivity index (χ2v) is 3.68. The predicted octanol–water partition coefficient (Wildman–Crippen LogP) is 3.07. The highest BCUT2D eigenvalue weighted by Gasteiger charge is 2.16. The molecule has 1 aromatic carbocycles. The van der Waals surface area contributed by atoms with E-state index in [1.165, 1.54) is 6.07 Å². The number of esters is 1. The Kier molecular flexibility index (Phi) is 3.63. The van der Waals surface area contributed by atoms with E-state index in [-0.39, 0.29) is 12.2 Å². The van der Waals surface area contributed by atoms with Crippen molar-refractivity contribution in [3.05, 3.63) is 33.5 Å². The molecule has 1 rings (SSSR count). The number of carbonyl (C=O) groups is 1. The fourth-order valence-corrected chi connectivity index (χ4v) is 1.81. The zero-order valence-corrected chi connectivity index (χ0v) is 9.52. The van der Waals surface area contributed by atoms with Crippen molar-refractivity contribution in [2.45, 2.75) is 13.8 Å². The third-order valence-electron chi connectivity index (χ3n) is 1.67. The van der Waals surface area contributed by atoms with E-state index in [2.05, 4.69) is 15.9 Å². The van der Waals surface area contributed by atoms with E-state index in [9.17, 15) is 9.18 Å². The van der Waals surface area contributed by atoms with Gasteiger partial charge in [0.2, 0.25) is 0 Å². The van der Waals surface area contributed by atoms with Gasteiger partial charge in [0.15, 0.2) is 0 Å². The van der Waals surface area contributed by atoms with E-state index in [0.29, 0.717) is 4.47 Å². The van der Waals surface area contributed by atoms with Crippen LogP contribution < -0.4 is 0 Å². The average Bonchev–Trinajstić information content (AvgIpc) is 2.01. The molecule has 0 atom stereocenters. The highest BCUT2D eigenvalue weighted by Crippen LogP contribution is 2.22. The van der Waals surface area contributed by atoms with Crippen LogP contribution >= 0.6 is 15.9 Å². The summed E-state index contributed by atoms with van der Waals surface area (Å²) in [7, 11) is 0. The van der Waals surface area contributed by atoms with Gasteiger partial charge >= 0.3 is 5.97 Å². The number of aryl methyl sites for hydroxylation is 1. The lowest BCUT2D eigenvalue weighted by molar-refractivity contribution is 0.0520. The van der Waals surface area contributed by atoms with Gasteiger partial charge in [0.1, 0.15) is 11.4 Å². The summed E-state index contributed by atoms with van der Waals surface area (Å²) in [6.45, 7) is 3.67. The summed E-state index contributed by atoms with van der Waals surface area (Å²) in [5, 5.41) is 0. The van der Waals surface area contributed by atoms with Crippen LogP contribution in [0.25, 0.3) is 0 Å². The molecule has 1 aromatic rings. The number of ether oxygens (including phenoxy) is 1. The number of hydrogen-bond acceptors (Lipinski definition) is 2. The highest BCUT2D eigenvalue weighted by molar-refractivity contribution is 9.10. The van der Waals surface area contributed by atoms with Crippen LogP contribution in [0, 0.1) is 12.7 Å². The first-order chi connectivity index (χ1) is 6.56. The van der Waals surface area contributed by atoms with Crippen LogP contribution in [0.3, 0.4) is 0 Å². The molecule has 2 nitrogen and oxygen atoms in total. The fourth-order valence-electron chi connectivity index (χ4n) is 1.10. The molecule has 0 radical (unpaired) electrons. The molecular weight excluding hydrogens is 251 g/mol. The number of rotatable bonds is 2. The Bertz CT molecular complexity index is 340. The monoisotopic (exact) mass is 260 g/mol. The first-order valence-electron chi connectivity index (χ1n) is 4.19. The number of benzene rings is 1. The van der Waals surface area contributed by atoms with Crippen LogP contribution in [0.2, 0.25) is 0 Å². The molecule has 0 aliphatic heterocycles. The minimum Gasteiger partial charge on any atom is -0.462 e. The summed E-state index contributed by atoms with van der Waals surface area (Å²) >= 11 is 3.13. The van der Waals surface area contributed by atoms with E-state index in [4.69, 9.17) is 4.74 Å². The molecule has 0 aliphatic carbocycles. The van der Waals surface area contributed by atoms with Crippen molar-refractivity contribution < 1.29 is 13.9 Å². The van der Waals surface area contributed by atoms with Gasteiger partial charge in [0.05, 0.1) is 6.61 Å². The summed E-state index contributed by atoms with van der Waals surface area (Å²) in [4.78, 5) is 11.3. The second-order valence-electron chi connectivity index (χ2n) is 2.82. The van der Waals surface area contributed by atoms with E-state index < -0.39 is 11.8 Å². The molecule has 0 fully saturated rings. The smallest absolute Gasteiger partial charge is 0.342 e. The van der Waals surface area contributed by atoms with Crippen molar-refractivity contribution in [3.8, 4) is 0 Å². The Labute approximate surface area is 90.2 Å². The molecular formula is C10H10BrFO2. The van der Waals surface area contributed by atoms with E-state index >= 15 is 0 Å². The first-order valence-corrected chi connectivity index (χ1v) is 4.98. The minimum atomic E-state index is -0.642. The molecule has 0 saturated carbocycles. The molecule has 0 unspecified atom stereocenters. The lowest BCUT2D eigenvalue weighted by atomic mass is 10.1. The zero-order valence-electron chi connectivity index (χ0n) is 7.93. The van der Waals surface area contributed by atoms with Gasteiger partial charge in [-0.2, -0.15) is 0 Å². The predicted molar refractivity (Wildman–Crippen MR) is 54.8 cm³/mol. The standard InChI is InChI=1S/C10H10BrFO2/c1-3-14-10(13)9-7(11)4-6(2)5-8(9)12/h4-5H,3H2,1-2H3. The van der Waals surface area contributed by atoms with Crippen molar-refractivity contribution in [2.75, 3.05) is 6.61 Å². The summed E-state index contributed by atoms with van der Waals surface area (Å²) in [5.74, 6) is -1.20. The van der Waals surface area contributed by atoms with Gasteiger partial charge in [-0.15, -0.1) is 0 Å². The Morgan fingerprint density at radius 1 is 1.57 bits per heavy atom. The average molecular weight is 261 g/mol. The van der Waals surface area contributed by atoms with Gasteiger partial charge in [0, 0.05) is 4.47 Å². The lowest BCUT2D eigenvalue weighted by Crippen LogP contribution is -2.08. The molecule has 0 spiro atoms. The van der Waals surface area contributed by atoms with Crippen molar-refractivity contribution in [3.63, 3.8) is 0 Å². The SMILES string of the molecule is CCOC(=O)c1c(F)cc(C)cc1Br. The van der Waals surface area contributed by atoms with Gasteiger partial charge in [-0.1, -0.05) is 0 Å². The minimum absolute atomic E-state index is 0.0440. The maximum Gasteiger partial charge on any atom is 0.342 e. The van der Waals surface area contributed by atoms with E-state index in [1.807, 2.05) is 0 Å². The molecule has 0 bridgehead atoms. The van der Waals surface area contributed by atoms with Crippen molar-refractivity contribution in [1.82, 2.24) is 0 Å². The molecule has 0 N–H and O–H groups in total. The summed E-state index contributed by atoms with van der Waals surface area (Å²) in [6.07, 6.45) is 0. The van der Waals surface area contributed by atoms with Crippen molar-refractivity contribution in [1.29, 1.82) is 0 Å². The van der Waals surface area contributed by atoms with E-state index in [1.54, 1.807) is 19.9 Å². The topological polar surface area (TPSA) is 26.3 Å². The molecule has 0 aromatic heterocycles. The molecule has 0 saturated heterocycles. The molecule has 76 valence electrons. The molecule has 0 amide bonds. The fraction of sp³-hybridized carbons (Fsp3) is 0.300. The van der Waals surface area contributed by atoms with Crippen molar-refractivity contribution in [2.24, 2.45) is 0 Å². The number of hydrogen-bond donors (Lipinski definition) is 0. The quantitative estimate of drug-likeness (QED) is 0.765. The largest absolute Gasteiger partial charge is 0.462 e. The Morgan fingerprint density at radius 3 is 2.71 bits per heavy atom. The van der Waals surface area contributed by atoms with Gasteiger partial charge in [-0.05, 0) is 47.5 Å². The number of carbonyl (C=O) groups excluding carboxylic acids is 1. The first kappa shape index (κ1) is 11.2. The maximum absolute atomic E-state index is 13.4. The Morgan fingerprint density at radius 2 is 2.21 bits per heavy atom. The molecule has 14 heavy (non-hydrogen) atoms. The highest BCUT2D eigenvalue weighted by atomic mass is 79.9. The van der Waals surface area contributed by atoms with Gasteiger partial charge < -0.3 is 4.74 Å². The third-order valence-corrected chi connectivity index (χ3v) is 2.29.